The normalized spacial score (nSPS) is 23.9. The van der Waals surface area contributed by atoms with E-state index in [0.717, 1.165) is 116 Å². The van der Waals surface area contributed by atoms with Crippen LogP contribution in [0.3, 0.4) is 0 Å². The van der Waals surface area contributed by atoms with Gasteiger partial charge in [-0.3, -0.25) is 14.4 Å². The molecule has 6 aliphatic heterocycles. The minimum absolute atomic E-state index is 0. The number of benzene rings is 8. The van der Waals surface area contributed by atoms with E-state index in [1.807, 2.05) is 150 Å². The molecule has 0 aliphatic carbocycles. The van der Waals surface area contributed by atoms with Gasteiger partial charge in [0.25, 0.3) is 0 Å². The second-order valence-corrected chi connectivity index (χ2v) is 34.4. The number of nitrogens with two attached hydrogens (primary N) is 1. The molecule has 0 bridgehead atoms. The zero-order valence-electron chi connectivity index (χ0n) is 75.3. The number of hydrogen-bond acceptors (Lipinski definition) is 24. The van der Waals surface area contributed by atoms with Crippen molar-refractivity contribution in [3.8, 4) is 34.5 Å². The summed E-state index contributed by atoms with van der Waals surface area (Å²) in [6.45, 7) is 27.4. The van der Waals surface area contributed by atoms with Crippen LogP contribution in [0.2, 0.25) is 0 Å². The molecule has 0 spiro atoms. The number of rotatable bonds is 30. The Morgan fingerprint density at radius 3 is 1.02 bits per heavy atom. The molecule has 3 saturated heterocycles. The Bertz CT molecular complexity index is 4650. The first-order valence-electron chi connectivity index (χ1n) is 44.3. The second kappa shape index (κ2) is 48.8. The van der Waals surface area contributed by atoms with E-state index >= 15 is 0 Å². The molecule has 128 heavy (non-hydrogen) atoms. The Kier molecular flexibility index (Phi) is 39.2. The Balaban J connectivity index is 0.000000218. The van der Waals surface area contributed by atoms with Crippen molar-refractivity contribution in [2.75, 3.05) is 59.5 Å². The van der Waals surface area contributed by atoms with Crippen LogP contribution in [0.25, 0.3) is 0 Å². The largest absolute Gasteiger partial charge is 0.486 e. The van der Waals surface area contributed by atoms with E-state index in [9.17, 15) is 45.0 Å². The molecule has 26 nitrogen and oxygen atoms in total. The van der Waals surface area contributed by atoms with Crippen LogP contribution in [0, 0.1) is 35.5 Å². The summed E-state index contributed by atoms with van der Waals surface area (Å²) in [5.74, 6) is 2.79. The molecule has 14 rings (SSSR count). The van der Waals surface area contributed by atoms with Gasteiger partial charge in [0.2, 0.25) is 0 Å². The Hall–Kier alpha value is -8.93. The van der Waals surface area contributed by atoms with Crippen molar-refractivity contribution in [2.45, 2.75) is 226 Å². The number of fused-ring (bicyclic) bond motifs is 3. The number of aliphatic hydroxyl groups excluding tert-OH is 6. The van der Waals surface area contributed by atoms with Gasteiger partial charge in [-0.2, -0.15) is 0 Å². The van der Waals surface area contributed by atoms with E-state index in [-0.39, 0.29) is 98.8 Å². The summed E-state index contributed by atoms with van der Waals surface area (Å²) in [7, 11) is 0. The second-order valence-electron chi connectivity index (χ2n) is 34.4. The van der Waals surface area contributed by atoms with Crippen molar-refractivity contribution >= 4 is 17.9 Å². The number of aliphatic hydroxyl groups is 6. The Morgan fingerprint density at radius 1 is 0.359 bits per heavy atom. The quantitative estimate of drug-likeness (QED) is 0.0125. The van der Waals surface area contributed by atoms with Crippen molar-refractivity contribution < 1.29 is 143 Å². The molecule has 0 radical (unpaired) electrons. The van der Waals surface area contributed by atoms with Gasteiger partial charge < -0.3 is 114 Å². The summed E-state index contributed by atoms with van der Waals surface area (Å²) >= 11 is 0. The van der Waals surface area contributed by atoms with Gasteiger partial charge in [0, 0.05) is 26.3 Å². The van der Waals surface area contributed by atoms with Crippen LogP contribution in [-0.4, -0.2) is 192 Å². The molecule has 8 aromatic carbocycles. The molecule has 6 heterocycles. The Morgan fingerprint density at radius 2 is 0.680 bits per heavy atom. The minimum atomic E-state index is -1.48. The fourth-order valence-corrected chi connectivity index (χ4v) is 16.1. The van der Waals surface area contributed by atoms with Gasteiger partial charge in [-0.1, -0.05) is 217 Å². The summed E-state index contributed by atoms with van der Waals surface area (Å²) in [4.78, 5) is 37.5. The fraction of sp³-hybridized carbons (Fsp3) is 0.495. The molecule has 700 valence electrons. The zero-order valence-corrected chi connectivity index (χ0v) is 76.9. The van der Waals surface area contributed by atoms with Crippen LogP contribution in [0.5, 0.6) is 34.5 Å². The van der Waals surface area contributed by atoms with Gasteiger partial charge in [0.05, 0.1) is 37.3 Å². The molecule has 6 aliphatic rings. The van der Waals surface area contributed by atoms with Crippen LogP contribution >= 0.6 is 0 Å². The number of esters is 3. The third-order valence-corrected chi connectivity index (χ3v) is 24.8. The summed E-state index contributed by atoms with van der Waals surface area (Å²) < 4.78 is 83.6. The first-order chi connectivity index (χ1) is 60.2. The van der Waals surface area contributed by atoms with Crippen LogP contribution in [0.4, 0.5) is 0 Å². The first kappa shape index (κ1) is 103. The number of carbonyl (C=O) groups excluding carboxylic acids is 3. The molecular formula is C101H131NO25Pd. The summed E-state index contributed by atoms with van der Waals surface area (Å²) in [5.41, 5.74) is 20.4. The van der Waals surface area contributed by atoms with E-state index in [4.69, 9.17) is 72.0 Å². The third kappa shape index (κ3) is 26.3. The monoisotopic (exact) mass is 1860 g/mol. The molecule has 0 aromatic heterocycles. The van der Waals surface area contributed by atoms with Crippen molar-refractivity contribution in [1.82, 2.24) is 0 Å². The topological polar surface area (TPSA) is 391 Å². The van der Waals surface area contributed by atoms with Gasteiger partial charge in [-0.25, -0.2) is 0 Å². The maximum atomic E-state index is 13.0. The first-order valence-corrected chi connectivity index (χ1v) is 44.3. The molecule has 3 fully saturated rings. The molecule has 0 unspecified atom stereocenters. The van der Waals surface area contributed by atoms with E-state index in [2.05, 4.69) is 82.3 Å². The third-order valence-electron chi connectivity index (χ3n) is 24.8. The number of hydrogen-bond donors (Lipinski definition) is 7. The van der Waals surface area contributed by atoms with E-state index in [1.165, 1.54) is 11.1 Å². The molecular weight excluding hydrogens is 1730 g/mol. The van der Waals surface area contributed by atoms with Gasteiger partial charge in [0.1, 0.15) is 139 Å². The number of carbonyl (C=O) groups is 3. The maximum Gasteiger partial charge on any atom is 0.323 e. The van der Waals surface area contributed by atoms with Gasteiger partial charge in [-0.15, -0.1) is 0 Å². The Labute approximate surface area is 765 Å². The van der Waals surface area contributed by atoms with Gasteiger partial charge >= 0.3 is 17.9 Å². The summed E-state index contributed by atoms with van der Waals surface area (Å²) in [5, 5.41) is 63.7. The average molecular weight is 1870 g/mol. The van der Waals surface area contributed by atoms with Crippen LogP contribution < -0.4 is 34.2 Å². The predicted molar refractivity (Wildman–Crippen MR) is 477 cm³/mol. The van der Waals surface area contributed by atoms with Crippen molar-refractivity contribution in [2.24, 2.45) is 41.2 Å². The number of ether oxygens (including phenoxy) is 14. The van der Waals surface area contributed by atoms with Crippen molar-refractivity contribution in [3.63, 3.8) is 0 Å². The van der Waals surface area contributed by atoms with Crippen LogP contribution in [-0.2, 0) is 124 Å². The predicted octanol–water partition coefficient (Wildman–Crippen LogP) is 11.7. The number of aryl methyl sites for hydroxylation is 3. The van der Waals surface area contributed by atoms with E-state index in [1.54, 1.807) is 20.8 Å². The summed E-state index contributed by atoms with van der Waals surface area (Å²) in [6, 6.07) is 55.8. The molecule has 18 atom stereocenters. The molecule has 8 aromatic rings. The standard InChI is InChI=1S/C44H52O7.C29H38O8.C28H37NO8.2H2O.Pd/c1-6-35-18-19-36(25-37(35)23-34-17-20-38-39(24-34)47-22-21-46-38)42-43(49-27-33-15-11-8-12-16-33)41(48-26-32-13-9-7-10-14-32)31(5)40(51-42)28-50-44(45)30(4)29(2)3;1-5-19-7-8-20(14-21(19)12-18-6-9-22-23(13-18)35-11-10-34-22)28-27(32)26(31)25(30)24(37-28)15-36-29(33)17(4)16(2)3;1-4-17-6-7-18(13-19(17)11-16-5-8-20-21(12-16)35-10-9-34-20)27-26(32)25(31)24(30)22(37-27)14-36-28(33)23(29)15(2)3;;;/h7-20,24-25,29-31,40-43H,6,21-23,26-28H2,1-5H3;6-9,13-14,16-17,24-28,30-32H,5,10-12,15H2,1-4H3;5-8,12-13,15,22-27,30-32H,4,9-11,14,29H2,1-3H3;2*1H2;/t30-,31-,40-,41+,42+,43-;17-,24-,25-,26+,27-,28+;22-,23-,24-,25+,26-,27+;;;/m111.../s1. The fourth-order valence-electron chi connectivity index (χ4n) is 16.1. The zero-order chi connectivity index (χ0) is 89.1. The molecule has 27 heteroatoms. The maximum absolute atomic E-state index is 13.0. The SMILES string of the molecule is CCc1ccc([C@@H]2O[C@H](COC(=O)[C@H](C)C(C)C)[C@@H](C)[C@H](OCc3ccccc3)[C@H]2OCc2ccccc2)cc1Cc1ccc2c(c1)OCCO2.CCc1ccc([C@@H]2O[C@H](COC(=O)[C@H](C)C(C)C)[C@@H](O)[C@H](O)[C@H]2O)cc1Cc1ccc2c(c1)OCCO2.CCc1ccc([C@@H]2O[C@H](COC(=O)[C@H](N)C(C)C)[C@@H](O)[C@H](O)[C@H]2O)cc1Cc1ccc2c(c1)OCCO2.O.O.[Pd]. The van der Waals surface area contributed by atoms with E-state index in [0.29, 0.717) is 76.8 Å². The smallest absolute Gasteiger partial charge is 0.323 e. The minimum Gasteiger partial charge on any atom is -0.486 e. The van der Waals surface area contributed by atoms with E-state index < -0.39 is 97.3 Å². The molecule has 0 saturated carbocycles. The van der Waals surface area contributed by atoms with Crippen molar-refractivity contribution in [3.05, 3.63) is 248 Å². The average Bonchev–Trinajstić information content (AvgIpc) is 0.781. The van der Waals surface area contributed by atoms with Gasteiger partial charge in [0.15, 0.2) is 34.5 Å². The van der Waals surface area contributed by atoms with Crippen LogP contribution in [0.1, 0.15) is 179 Å². The molecule has 0 amide bonds. The van der Waals surface area contributed by atoms with Crippen molar-refractivity contribution in [1.29, 1.82) is 0 Å². The van der Waals surface area contributed by atoms with Crippen LogP contribution in [0.15, 0.2) is 170 Å². The summed E-state index contributed by atoms with van der Waals surface area (Å²) in [6.07, 6.45) is -9.40. The molecule has 12 N–H and O–H groups in total. The van der Waals surface area contributed by atoms with Gasteiger partial charge in [-0.05, 0) is 171 Å².